The normalized spacial score (nSPS) is 16.4. The number of benzene rings is 1. The van der Waals surface area contributed by atoms with E-state index in [2.05, 4.69) is 28.1 Å². The molecule has 174 valence electrons. The molecule has 0 bridgehead atoms. The molecule has 0 unspecified atom stereocenters. The zero-order valence-electron chi connectivity index (χ0n) is 20.1. The number of carbonyl (C=O) groups excluding carboxylic acids is 1. The van der Waals surface area contributed by atoms with Crippen LogP contribution in [-0.4, -0.2) is 52.8 Å². The third-order valence-electron chi connectivity index (χ3n) is 6.22. The highest BCUT2D eigenvalue weighted by molar-refractivity contribution is 5.83. The van der Waals surface area contributed by atoms with Crippen molar-refractivity contribution in [3.05, 3.63) is 23.8 Å². The second kappa shape index (κ2) is 11.3. The van der Waals surface area contributed by atoms with Crippen LogP contribution in [0.15, 0.2) is 23.2 Å². The number of nitrogens with one attached hydrogen (secondary N) is 3. The Balaban J connectivity index is 2.24. The molecule has 1 aliphatic carbocycles. The molecule has 7 nitrogen and oxygen atoms in total. The van der Waals surface area contributed by atoms with Crippen LogP contribution in [0.5, 0.6) is 11.5 Å². The Bertz CT molecular complexity index is 755. The van der Waals surface area contributed by atoms with Crippen LogP contribution in [0.1, 0.15) is 58.4 Å². The summed E-state index contributed by atoms with van der Waals surface area (Å²) in [4.78, 5) is 16.8. The minimum Gasteiger partial charge on any atom is -0.493 e. The van der Waals surface area contributed by atoms with Gasteiger partial charge in [0.2, 0.25) is 5.91 Å². The van der Waals surface area contributed by atoms with Crippen molar-refractivity contribution in [3.8, 4) is 11.5 Å². The number of ether oxygens (including phenoxy) is 2. The van der Waals surface area contributed by atoms with Crippen LogP contribution in [0.3, 0.4) is 0 Å². The third kappa shape index (κ3) is 6.28. The molecule has 0 atom stereocenters. The maximum atomic E-state index is 12.1. The Morgan fingerprint density at radius 1 is 1.10 bits per heavy atom. The summed E-state index contributed by atoms with van der Waals surface area (Å²) in [6, 6.07) is 6.27. The average Bonchev–Trinajstić information content (AvgIpc) is 2.80. The van der Waals surface area contributed by atoms with Crippen LogP contribution in [0.4, 0.5) is 0 Å². The zero-order valence-corrected chi connectivity index (χ0v) is 20.1. The first-order valence-electron chi connectivity index (χ1n) is 11.3. The van der Waals surface area contributed by atoms with Gasteiger partial charge < -0.3 is 25.4 Å². The topological polar surface area (TPSA) is 84.0 Å². The van der Waals surface area contributed by atoms with Gasteiger partial charge in [-0.05, 0) is 51.3 Å². The van der Waals surface area contributed by atoms with Crippen LogP contribution in [0.2, 0.25) is 0 Å². The first kappa shape index (κ1) is 24.8. The van der Waals surface area contributed by atoms with Gasteiger partial charge in [0.1, 0.15) is 0 Å². The summed E-state index contributed by atoms with van der Waals surface area (Å²) in [6.07, 6.45) is 5.89. The van der Waals surface area contributed by atoms with Gasteiger partial charge in [-0.15, -0.1) is 0 Å². The van der Waals surface area contributed by atoms with Crippen LogP contribution < -0.4 is 25.4 Å². The molecule has 0 radical (unpaired) electrons. The molecule has 3 N–H and O–H groups in total. The van der Waals surface area contributed by atoms with Gasteiger partial charge in [-0.2, -0.15) is 0 Å². The lowest BCUT2D eigenvalue weighted by molar-refractivity contribution is -0.128. The third-order valence-corrected chi connectivity index (χ3v) is 6.22. The van der Waals surface area contributed by atoms with Gasteiger partial charge >= 0.3 is 0 Å². The van der Waals surface area contributed by atoms with Gasteiger partial charge in [-0.25, -0.2) is 0 Å². The van der Waals surface area contributed by atoms with Crippen molar-refractivity contribution in [2.24, 2.45) is 10.4 Å². The number of guanidine groups is 1. The molecule has 31 heavy (non-hydrogen) atoms. The van der Waals surface area contributed by atoms with Gasteiger partial charge in [0.25, 0.3) is 0 Å². The van der Waals surface area contributed by atoms with Crippen molar-refractivity contribution in [1.82, 2.24) is 16.0 Å². The van der Waals surface area contributed by atoms with Gasteiger partial charge in [-0.3, -0.25) is 9.79 Å². The quantitative estimate of drug-likeness (QED) is 0.412. The van der Waals surface area contributed by atoms with Gasteiger partial charge in [-0.1, -0.05) is 25.3 Å². The fourth-order valence-corrected chi connectivity index (χ4v) is 4.24. The summed E-state index contributed by atoms with van der Waals surface area (Å²) in [6.45, 7) is 7.80. The second-order valence-electron chi connectivity index (χ2n) is 8.92. The first-order valence-corrected chi connectivity index (χ1v) is 11.3. The number of hydrogen-bond acceptors (Lipinski definition) is 4. The highest BCUT2D eigenvalue weighted by Gasteiger charge is 2.35. The fourth-order valence-electron chi connectivity index (χ4n) is 4.24. The Morgan fingerprint density at radius 3 is 2.35 bits per heavy atom. The average molecular weight is 433 g/mol. The number of rotatable bonds is 9. The van der Waals surface area contributed by atoms with E-state index in [9.17, 15) is 4.79 Å². The Kier molecular flexibility index (Phi) is 9.01. The van der Waals surface area contributed by atoms with Crippen molar-refractivity contribution in [2.45, 2.75) is 58.3 Å². The SMILES string of the molecule is CCNC(=NCC(C)(C)C(=O)NC)NCC1(c2ccc(OC)c(OC)c2)CCCCC1. The monoisotopic (exact) mass is 432 g/mol. The van der Waals surface area contributed by atoms with E-state index in [4.69, 9.17) is 14.5 Å². The van der Waals surface area contributed by atoms with E-state index >= 15 is 0 Å². The number of aliphatic imine (C=N–C) groups is 1. The molecule has 0 aliphatic heterocycles. The fraction of sp³-hybridized carbons (Fsp3) is 0.667. The van der Waals surface area contributed by atoms with Gasteiger partial charge in [0.05, 0.1) is 26.2 Å². The minimum absolute atomic E-state index is 0.00427. The lowest BCUT2D eigenvalue weighted by Crippen LogP contribution is -2.47. The highest BCUT2D eigenvalue weighted by Crippen LogP contribution is 2.42. The maximum absolute atomic E-state index is 12.1. The number of nitrogens with zero attached hydrogens (tertiary/aromatic N) is 1. The lowest BCUT2D eigenvalue weighted by Gasteiger charge is -2.38. The number of methoxy groups -OCH3 is 2. The van der Waals surface area contributed by atoms with Crippen LogP contribution in [0.25, 0.3) is 0 Å². The van der Waals surface area contributed by atoms with E-state index < -0.39 is 5.41 Å². The molecule has 2 rings (SSSR count). The first-order chi connectivity index (χ1) is 14.8. The molecule has 0 saturated heterocycles. The van der Waals surface area contributed by atoms with Crippen molar-refractivity contribution < 1.29 is 14.3 Å². The molecule has 0 spiro atoms. The molecule has 1 aromatic carbocycles. The molecular formula is C24H40N4O3. The Morgan fingerprint density at radius 2 is 1.77 bits per heavy atom. The van der Waals surface area contributed by atoms with E-state index in [0.717, 1.165) is 43.4 Å². The molecule has 1 aromatic rings. The summed E-state index contributed by atoms with van der Waals surface area (Å²) >= 11 is 0. The molecule has 1 saturated carbocycles. The van der Waals surface area contributed by atoms with Crippen LogP contribution in [-0.2, 0) is 10.2 Å². The number of hydrogen-bond donors (Lipinski definition) is 3. The Hall–Kier alpha value is -2.44. The van der Waals surface area contributed by atoms with Crippen LogP contribution >= 0.6 is 0 Å². The predicted molar refractivity (Wildman–Crippen MR) is 126 cm³/mol. The largest absolute Gasteiger partial charge is 0.493 e. The van der Waals surface area contributed by atoms with E-state index in [1.165, 1.54) is 24.8 Å². The number of carbonyl (C=O) groups is 1. The smallest absolute Gasteiger partial charge is 0.227 e. The van der Waals surface area contributed by atoms with Crippen molar-refractivity contribution in [3.63, 3.8) is 0 Å². The predicted octanol–water partition coefficient (Wildman–Crippen LogP) is 3.23. The summed E-state index contributed by atoms with van der Waals surface area (Å²) in [7, 11) is 5.00. The van der Waals surface area contributed by atoms with Crippen molar-refractivity contribution >= 4 is 11.9 Å². The summed E-state index contributed by atoms with van der Waals surface area (Å²) in [5.74, 6) is 2.24. The zero-order chi connectivity index (χ0) is 22.9. The molecule has 0 aromatic heterocycles. The summed E-state index contributed by atoms with van der Waals surface area (Å²) < 4.78 is 11.0. The van der Waals surface area contributed by atoms with E-state index in [-0.39, 0.29) is 11.3 Å². The molecule has 1 aliphatic rings. The minimum atomic E-state index is -0.566. The maximum Gasteiger partial charge on any atom is 0.227 e. The molecular weight excluding hydrogens is 392 g/mol. The second-order valence-corrected chi connectivity index (χ2v) is 8.92. The van der Waals surface area contributed by atoms with Crippen LogP contribution in [0, 0.1) is 5.41 Å². The van der Waals surface area contributed by atoms with Crippen molar-refractivity contribution in [1.29, 1.82) is 0 Å². The highest BCUT2D eigenvalue weighted by atomic mass is 16.5. The van der Waals surface area contributed by atoms with E-state index in [1.54, 1.807) is 21.3 Å². The standard InChI is InChI=1S/C24H40N4O3/c1-7-26-22(27-16-23(2,3)21(29)25-4)28-17-24(13-9-8-10-14-24)18-11-12-19(30-5)20(15-18)31-6/h11-12,15H,7-10,13-14,16-17H2,1-6H3,(H,25,29)(H2,26,27,28). The molecule has 1 fully saturated rings. The Labute approximate surface area is 187 Å². The number of amides is 1. The molecule has 1 amide bonds. The summed E-state index contributed by atoms with van der Waals surface area (Å²) in [5.41, 5.74) is 0.701. The van der Waals surface area contributed by atoms with Gasteiger partial charge in [0, 0.05) is 25.6 Å². The van der Waals surface area contributed by atoms with E-state index in [0.29, 0.717) is 6.54 Å². The molecule has 7 heteroatoms. The summed E-state index contributed by atoms with van der Waals surface area (Å²) in [5, 5.41) is 9.61. The van der Waals surface area contributed by atoms with E-state index in [1.807, 2.05) is 26.8 Å². The van der Waals surface area contributed by atoms with Crippen molar-refractivity contribution in [2.75, 3.05) is 40.9 Å². The van der Waals surface area contributed by atoms with Gasteiger partial charge in [0.15, 0.2) is 17.5 Å². The lowest BCUT2D eigenvalue weighted by atomic mass is 9.69. The molecule has 0 heterocycles.